The lowest BCUT2D eigenvalue weighted by Crippen LogP contribution is -2.62. The number of aromatic nitrogens is 2. The molecule has 4 heterocycles. The topological polar surface area (TPSA) is 166 Å². The van der Waals surface area contributed by atoms with Crippen LogP contribution in [0.3, 0.4) is 0 Å². The third-order valence-electron chi connectivity index (χ3n) is 15.5. The van der Waals surface area contributed by atoms with Crippen molar-refractivity contribution in [2.75, 3.05) is 33.8 Å². The Kier molecular flexibility index (Phi) is 13.7. The molecule has 69 heavy (non-hydrogen) atoms. The van der Waals surface area contributed by atoms with Crippen LogP contribution in [0.4, 0.5) is 0 Å². The molecular weight excluding hydrogens is 871 g/mol. The Bertz CT molecular complexity index is 2630. The van der Waals surface area contributed by atoms with E-state index in [9.17, 15) is 29.1 Å². The van der Waals surface area contributed by atoms with Gasteiger partial charge >= 0.3 is 5.97 Å². The van der Waals surface area contributed by atoms with Crippen LogP contribution in [-0.4, -0.2) is 111 Å². The minimum atomic E-state index is -1.14. The Morgan fingerprint density at radius 3 is 2.48 bits per heavy atom. The average molecular weight is 942 g/mol. The number of pyridine rings is 1. The van der Waals surface area contributed by atoms with Gasteiger partial charge in [0.1, 0.15) is 23.9 Å². The number of nitrogens with one attached hydrogen (secondary N) is 2. The number of carbonyl (C=O) groups excluding carboxylic acids is 5. The number of phenols is 1. The van der Waals surface area contributed by atoms with Gasteiger partial charge in [-0.3, -0.25) is 34.0 Å². The van der Waals surface area contributed by atoms with Crippen LogP contribution in [0.5, 0.6) is 5.75 Å². The quantitative estimate of drug-likeness (QED) is 0.130. The van der Waals surface area contributed by atoms with Gasteiger partial charge in [-0.2, -0.15) is 0 Å². The molecule has 14 nitrogen and oxygen atoms in total. The fraction of sp³-hybridized carbons (Fsp3) is 0.564. The zero-order valence-electron chi connectivity index (χ0n) is 41.6. The molecule has 1 saturated heterocycles. The molecule has 5 aliphatic rings. The Morgan fingerprint density at radius 1 is 0.986 bits per heavy atom. The summed E-state index contributed by atoms with van der Waals surface area (Å²) in [6, 6.07) is 13.0. The number of nitrogens with zero attached hydrogens (tertiary/aromatic N) is 5. The molecule has 4 aromatic rings. The first-order valence-electron chi connectivity index (χ1n) is 25.5. The summed E-state index contributed by atoms with van der Waals surface area (Å²) in [6.07, 6.45) is 9.98. The largest absolute Gasteiger partial charge is 0.508 e. The number of likely N-dealkylation sites (N-methyl/N-ethyl adjacent to an activating group) is 2. The van der Waals surface area contributed by atoms with Gasteiger partial charge in [-0.25, -0.2) is 5.43 Å². The predicted octanol–water partition coefficient (Wildman–Crippen LogP) is 7.39. The summed E-state index contributed by atoms with van der Waals surface area (Å²) < 4.78 is 8.49. The highest BCUT2D eigenvalue weighted by atomic mass is 16.5. The molecule has 0 radical (unpaired) electrons. The maximum Gasteiger partial charge on any atom is 0.324 e. The van der Waals surface area contributed by atoms with Crippen LogP contribution in [0.25, 0.3) is 33.3 Å². The molecule has 0 spiro atoms. The Morgan fingerprint density at radius 2 is 1.75 bits per heavy atom. The number of benzene rings is 2. The second-order valence-corrected chi connectivity index (χ2v) is 21.8. The monoisotopic (exact) mass is 942 g/mol. The Labute approximate surface area is 406 Å². The van der Waals surface area contributed by atoms with E-state index < -0.39 is 41.3 Å². The second-order valence-electron chi connectivity index (χ2n) is 21.8. The van der Waals surface area contributed by atoms with Crippen LogP contribution in [0, 0.1) is 29.1 Å². The molecule has 0 unspecified atom stereocenters. The number of hydrogen-bond donors (Lipinski definition) is 3. The third kappa shape index (κ3) is 10.1. The van der Waals surface area contributed by atoms with Gasteiger partial charge in [0.2, 0.25) is 17.7 Å². The lowest BCUT2D eigenvalue weighted by atomic mass is 9.83. The Balaban J connectivity index is 1.08. The van der Waals surface area contributed by atoms with Gasteiger partial charge in [-0.15, -0.1) is 0 Å². The fourth-order valence-electron chi connectivity index (χ4n) is 11.7. The number of amides is 4. The molecule has 2 aliphatic heterocycles. The minimum Gasteiger partial charge on any atom is -0.508 e. The number of fused-ring (bicyclic) bond motifs is 6. The minimum absolute atomic E-state index is 0.0148. The van der Waals surface area contributed by atoms with Crippen LogP contribution in [0.15, 0.2) is 54.7 Å². The van der Waals surface area contributed by atoms with Crippen LogP contribution < -0.4 is 10.7 Å². The maximum absolute atomic E-state index is 14.9. The third-order valence-corrected chi connectivity index (χ3v) is 15.5. The van der Waals surface area contributed by atoms with Gasteiger partial charge in [0.05, 0.1) is 24.5 Å². The van der Waals surface area contributed by atoms with Gasteiger partial charge in [0.15, 0.2) is 0 Å². The van der Waals surface area contributed by atoms with Crippen molar-refractivity contribution in [1.82, 2.24) is 35.1 Å². The molecule has 3 N–H and O–H groups in total. The summed E-state index contributed by atoms with van der Waals surface area (Å²) in [5.41, 5.74) is 10.2. The van der Waals surface area contributed by atoms with E-state index >= 15 is 0 Å². The number of aromatic hydroxyl groups is 1. The van der Waals surface area contributed by atoms with E-state index in [0.717, 1.165) is 76.6 Å². The van der Waals surface area contributed by atoms with Crippen LogP contribution in [-0.2, 0) is 48.1 Å². The first-order valence-corrected chi connectivity index (χ1v) is 25.5. The van der Waals surface area contributed by atoms with E-state index in [1.54, 1.807) is 26.2 Å². The maximum atomic E-state index is 14.9. The van der Waals surface area contributed by atoms with Gasteiger partial charge in [-0.05, 0) is 141 Å². The zero-order valence-corrected chi connectivity index (χ0v) is 41.6. The standard InChI is InChI=1S/C55H71N7O7/c1-8-61-46-20-19-36-27-41(46)43(50(61)39-15-11-21-56-48(39)32(2)3)29-55(4,5)31-69-54(68)44-16-12-22-62(58-44)53(67)45(25-33-23-37(36)26-38(63)24-33)57-51(65)49(35-13-9-10-14-35)60(7)47(64)30-59(6)52(66)42-28-40(42)34-17-18-34/h11,15,19-21,23-24,26-27,32,34-35,40,42,44-45,49,58,63H,8-10,12-14,16-18,22,25,28-31H2,1-7H3,(H,57,65)/t40-,42-,44+,45+,49+/m1/s1. The molecule has 4 fully saturated rings. The van der Waals surface area contributed by atoms with Gasteiger partial charge in [0.25, 0.3) is 5.91 Å². The molecule has 3 saturated carbocycles. The molecule has 368 valence electrons. The van der Waals surface area contributed by atoms with E-state index in [0.29, 0.717) is 49.8 Å². The predicted molar refractivity (Wildman–Crippen MR) is 264 cm³/mol. The summed E-state index contributed by atoms with van der Waals surface area (Å²) in [4.78, 5) is 79.0. The lowest BCUT2D eigenvalue weighted by Gasteiger charge is -2.37. The summed E-state index contributed by atoms with van der Waals surface area (Å²) in [5, 5.41) is 17.0. The number of hydrogen-bond acceptors (Lipinski definition) is 9. The molecule has 2 aromatic carbocycles. The highest BCUT2D eigenvalue weighted by Gasteiger charge is 2.52. The number of hydrazine groups is 1. The summed E-state index contributed by atoms with van der Waals surface area (Å²) in [5.74, 6) is -0.637. The van der Waals surface area contributed by atoms with Gasteiger partial charge < -0.3 is 29.5 Å². The average Bonchev–Trinajstić information content (AvgIpc) is 4.25. The van der Waals surface area contributed by atoms with E-state index in [1.165, 1.54) is 27.7 Å². The van der Waals surface area contributed by atoms with Crippen molar-refractivity contribution in [3.8, 4) is 28.1 Å². The Hall–Kier alpha value is -5.76. The van der Waals surface area contributed by atoms with Crippen molar-refractivity contribution < 1.29 is 33.8 Å². The molecule has 3 aliphatic carbocycles. The van der Waals surface area contributed by atoms with Crippen LogP contribution in [0.2, 0.25) is 0 Å². The van der Waals surface area contributed by atoms with Crippen molar-refractivity contribution in [1.29, 1.82) is 0 Å². The highest BCUT2D eigenvalue weighted by Crippen LogP contribution is 2.55. The smallest absolute Gasteiger partial charge is 0.324 e. The highest BCUT2D eigenvalue weighted by molar-refractivity contribution is 5.96. The molecule has 5 atom stereocenters. The van der Waals surface area contributed by atoms with E-state index in [1.807, 2.05) is 18.3 Å². The number of cyclic esters (lactones) is 1. The number of phenolic OH excluding ortho intramolecular Hbond substituents is 1. The molecule has 2 aromatic heterocycles. The number of aryl methyl sites for hydroxylation is 1. The van der Waals surface area contributed by atoms with E-state index in [2.05, 4.69) is 74.2 Å². The normalized spacial score (nSPS) is 23.3. The van der Waals surface area contributed by atoms with Crippen molar-refractivity contribution in [3.05, 3.63) is 71.5 Å². The first kappa shape index (κ1) is 48.3. The molecule has 6 bridgehead atoms. The van der Waals surface area contributed by atoms with E-state index in [-0.39, 0.29) is 54.9 Å². The zero-order chi connectivity index (χ0) is 48.9. The van der Waals surface area contributed by atoms with Crippen LogP contribution >= 0.6 is 0 Å². The van der Waals surface area contributed by atoms with Crippen molar-refractivity contribution in [3.63, 3.8) is 0 Å². The van der Waals surface area contributed by atoms with Gasteiger partial charge in [0, 0.05) is 67.6 Å². The number of esters is 1. The molecule has 9 rings (SSSR count). The first-order chi connectivity index (χ1) is 33.0. The second kappa shape index (κ2) is 19.6. The molecule has 4 amide bonds. The van der Waals surface area contributed by atoms with Gasteiger partial charge in [-0.1, -0.05) is 52.7 Å². The molecule has 14 heteroatoms. The van der Waals surface area contributed by atoms with Crippen LogP contribution in [0.1, 0.15) is 115 Å². The number of ether oxygens (including phenoxy) is 1. The SMILES string of the molecule is CCn1c(-c2cccnc2C(C)C)c2c3cc(ccc31)-c1cc(O)cc(c1)C[C@H](NC(=O)[C@H](C1CCCC1)N(C)C(=O)CN(C)C(=O)[C@@H]1C[C@@H]1C1CC1)C(=O)N1CCC[C@H](N1)C(=O)OCC(C)(C)C2. The number of carbonyl (C=O) groups is 5. The summed E-state index contributed by atoms with van der Waals surface area (Å²) in [6.45, 7) is 11.7. The summed E-state index contributed by atoms with van der Waals surface area (Å²) >= 11 is 0. The van der Waals surface area contributed by atoms with Crippen molar-refractivity contribution in [2.24, 2.45) is 29.1 Å². The number of rotatable bonds is 11. The van der Waals surface area contributed by atoms with Crippen molar-refractivity contribution >= 4 is 40.5 Å². The summed E-state index contributed by atoms with van der Waals surface area (Å²) in [7, 11) is 3.30. The van der Waals surface area contributed by atoms with E-state index in [4.69, 9.17) is 9.72 Å². The molecular formula is C55H71N7O7. The fourth-order valence-corrected chi connectivity index (χ4v) is 11.7. The van der Waals surface area contributed by atoms with Crippen molar-refractivity contribution in [2.45, 2.75) is 136 Å². The lowest BCUT2D eigenvalue weighted by molar-refractivity contribution is -0.155.